The minimum Gasteiger partial charge on any atom is -0.379 e. The Bertz CT molecular complexity index is 240. The number of rotatable bonds is 7. The topological polar surface area (TPSA) is 86.6 Å². The zero-order chi connectivity index (χ0) is 11.2. The smallest absolute Gasteiger partial charge is 0.267 e. The first-order chi connectivity index (χ1) is 6.38. The predicted octanol–water partition coefficient (Wildman–Crippen LogP) is 0.361. The summed E-state index contributed by atoms with van der Waals surface area (Å²) >= 11 is 0. The van der Waals surface area contributed by atoms with Crippen LogP contribution in [0.5, 0.6) is 0 Å². The number of hydrogen-bond acceptors (Lipinski definition) is 4. The van der Waals surface area contributed by atoms with Gasteiger partial charge in [-0.2, -0.15) is 8.42 Å². The van der Waals surface area contributed by atoms with E-state index in [0.29, 0.717) is 19.4 Å². The Balaban J connectivity index is 3.64. The Kier molecular flexibility index (Phi) is 6.26. The first-order valence-corrected chi connectivity index (χ1v) is 6.26. The molecular formula is C8H19NO4S. The molecule has 0 aliphatic carbocycles. The molecule has 0 aromatic rings. The number of aliphatic hydroxyl groups is 1. The van der Waals surface area contributed by atoms with Gasteiger partial charge in [-0.15, -0.1) is 0 Å². The van der Waals surface area contributed by atoms with Crippen LogP contribution in [-0.2, 0) is 10.1 Å². The molecule has 2 unspecified atom stereocenters. The lowest BCUT2D eigenvalue weighted by molar-refractivity contribution is 0.127. The second-order valence-electron chi connectivity index (χ2n) is 3.37. The average Bonchev–Trinajstić information content (AvgIpc) is 2.02. The Hall–Kier alpha value is -0.170. The molecule has 3 N–H and O–H groups in total. The van der Waals surface area contributed by atoms with Crippen molar-refractivity contribution in [1.29, 1.82) is 0 Å². The van der Waals surface area contributed by atoms with E-state index in [1.807, 2.05) is 6.92 Å². The minimum atomic E-state index is -3.93. The van der Waals surface area contributed by atoms with Crippen molar-refractivity contribution in [1.82, 2.24) is 5.32 Å². The van der Waals surface area contributed by atoms with Gasteiger partial charge < -0.3 is 5.11 Å². The third kappa shape index (κ3) is 6.31. The molecule has 0 radical (unpaired) electrons. The zero-order valence-corrected chi connectivity index (χ0v) is 9.42. The molecule has 6 heteroatoms. The lowest BCUT2D eigenvalue weighted by Crippen LogP contribution is -2.32. The molecule has 0 fully saturated rings. The maximum Gasteiger partial charge on any atom is 0.267 e. The van der Waals surface area contributed by atoms with Gasteiger partial charge in [0.25, 0.3) is 10.1 Å². The van der Waals surface area contributed by atoms with Crippen LogP contribution in [0, 0.1) is 0 Å². The van der Waals surface area contributed by atoms with Gasteiger partial charge >= 0.3 is 0 Å². The van der Waals surface area contributed by atoms with Gasteiger partial charge in [0, 0.05) is 0 Å². The van der Waals surface area contributed by atoms with E-state index in [2.05, 4.69) is 5.32 Å². The van der Waals surface area contributed by atoms with Crippen LogP contribution in [0.25, 0.3) is 0 Å². The fourth-order valence-corrected chi connectivity index (χ4v) is 1.39. The lowest BCUT2D eigenvalue weighted by Gasteiger charge is -2.13. The number of hydrogen-bond donors (Lipinski definition) is 3. The van der Waals surface area contributed by atoms with Crippen LogP contribution in [0.3, 0.4) is 0 Å². The highest BCUT2D eigenvalue weighted by Gasteiger charge is 2.16. The van der Waals surface area contributed by atoms with Crippen molar-refractivity contribution in [2.45, 2.75) is 44.6 Å². The first kappa shape index (κ1) is 13.8. The quantitative estimate of drug-likeness (QED) is 0.430. The van der Waals surface area contributed by atoms with Crippen molar-refractivity contribution in [3.05, 3.63) is 0 Å². The van der Waals surface area contributed by atoms with Crippen molar-refractivity contribution in [2.75, 3.05) is 6.54 Å². The Labute approximate surface area is 85.3 Å². The zero-order valence-electron chi connectivity index (χ0n) is 8.60. The predicted molar refractivity (Wildman–Crippen MR) is 54.5 cm³/mol. The molecule has 0 aromatic carbocycles. The summed E-state index contributed by atoms with van der Waals surface area (Å²) in [5, 5.41) is 11.2. The summed E-state index contributed by atoms with van der Waals surface area (Å²) in [6.45, 7) is 3.76. The molecule has 0 aliphatic heterocycles. The van der Waals surface area contributed by atoms with Crippen molar-refractivity contribution in [3.8, 4) is 0 Å². The standard InChI is InChI=1S/C8H19NO4S/c1-3-4-8(10)9-6-5-7(2)14(11,12)13/h7-10H,3-6H2,1-2H3,(H,11,12,13). The monoisotopic (exact) mass is 225 g/mol. The average molecular weight is 225 g/mol. The van der Waals surface area contributed by atoms with E-state index in [-0.39, 0.29) is 0 Å². The third-order valence-corrected chi connectivity index (χ3v) is 3.25. The maximum absolute atomic E-state index is 10.6. The normalized spacial score (nSPS) is 16.6. The molecule has 0 rings (SSSR count). The van der Waals surface area contributed by atoms with Crippen LogP contribution < -0.4 is 5.32 Å². The summed E-state index contributed by atoms with van der Waals surface area (Å²) in [6, 6.07) is 0. The highest BCUT2D eigenvalue weighted by Crippen LogP contribution is 2.02. The fraction of sp³-hybridized carbons (Fsp3) is 1.00. The van der Waals surface area contributed by atoms with Crippen LogP contribution in [0.1, 0.15) is 33.1 Å². The van der Waals surface area contributed by atoms with Crippen LogP contribution in [0.15, 0.2) is 0 Å². The van der Waals surface area contributed by atoms with Crippen LogP contribution in [0.2, 0.25) is 0 Å². The fourth-order valence-electron chi connectivity index (χ4n) is 0.978. The summed E-state index contributed by atoms with van der Waals surface area (Å²) in [7, 11) is -3.93. The van der Waals surface area contributed by atoms with Crippen LogP contribution in [0.4, 0.5) is 0 Å². The minimum absolute atomic E-state index is 0.291. The molecule has 14 heavy (non-hydrogen) atoms. The van der Waals surface area contributed by atoms with Gasteiger partial charge in [0.2, 0.25) is 0 Å². The summed E-state index contributed by atoms with van der Waals surface area (Å²) in [5.74, 6) is 0. The van der Waals surface area contributed by atoms with Gasteiger partial charge in [0.15, 0.2) is 0 Å². The molecule has 0 saturated heterocycles. The molecule has 86 valence electrons. The van der Waals surface area contributed by atoms with E-state index >= 15 is 0 Å². The van der Waals surface area contributed by atoms with E-state index < -0.39 is 21.6 Å². The molecule has 2 atom stereocenters. The van der Waals surface area contributed by atoms with Crippen molar-refractivity contribution >= 4 is 10.1 Å². The van der Waals surface area contributed by atoms with Crippen LogP contribution >= 0.6 is 0 Å². The first-order valence-electron chi connectivity index (χ1n) is 4.75. The van der Waals surface area contributed by atoms with Crippen LogP contribution in [-0.4, -0.2) is 36.1 Å². The Morgan fingerprint density at radius 1 is 1.36 bits per heavy atom. The Morgan fingerprint density at radius 2 is 1.93 bits per heavy atom. The SMILES string of the molecule is CCCC(O)NCCC(C)S(=O)(=O)O. The number of aliphatic hydroxyl groups excluding tert-OH is 1. The molecule has 0 aliphatic rings. The van der Waals surface area contributed by atoms with Gasteiger partial charge in [-0.05, 0) is 26.3 Å². The lowest BCUT2D eigenvalue weighted by atomic mass is 10.3. The van der Waals surface area contributed by atoms with Gasteiger partial charge in [-0.1, -0.05) is 13.3 Å². The van der Waals surface area contributed by atoms with Crippen molar-refractivity contribution < 1.29 is 18.1 Å². The molecule has 5 nitrogen and oxygen atoms in total. The Morgan fingerprint density at radius 3 is 2.36 bits per heavy atom. The van der Waals surface area contributed by atoms with Crippen molar-refractivity contribution in [2.24, 2.45) is 0 Å². The summed E-state index contributed by atoms with van der Waals surface area (Å²) in [5.41, 5.74) is 0. The largest absolute Gasteiger partial charge is 0.379 e. The van der Waals surface area contributed by atoms with E-state index in [4.69, 9.17) is 4.55 Å². The highest BCUT2D eigenvalue weighted by molar-refractivity contribution is 7.86. The summed E-state index contributed by atoms with van der Waals surface area (Å²) in [4.78, 5) is 0. The van der Waals surface area contributed by atoms with E-state index in [1.54, 1.807) is 0 Å². The number of nitrogens with one attached hydrogen (secondary N) is 1. The summed E-state index contributed by atoms with van der Waals surface area (Å²) in [6.07, 6.45) is 1.20. The third-order valence-electron chi connectivity index (χ3n) is 2.00. The van der Waals surface area contributed by atoms with Gasteiger partial charge in [0.1, 0.15) is 6.23 Å². The van der Waals surface area contributed by atoms with Gasteiger partial charge in [0.05, 0.1) is 5.25 Å². The molecular weight excluding hydrogens is 206 g/mol. The second-order valence-corrected chi connectivity index (χ2v) is 5.21. The molecule has 0 spiro atoms. The second kappa shape index (κ2) is 6.34. The van der Waals surface area contributed by atoms with Gasteiger partial charge in [-0.3, -0.25) is 9.87 Å². The van der Waals surface area contributed by atoms with Gasteiger partial charge in [-0.25, -0.2) is 0 Å². The molecule has 0 aromatic heterocycles. The molecule has 0 bridgehead atoms. The molecule has 0 heterocycles. The van der Waals surface area contributed by atoms with Crippen molar-refractivity contribution in [3.63, 3.8) is 0 Å². The molecule has 0 saturated carbocycles. The highest BCUT2D eigenvalue weighted by atomic mass is 32.2. The van der Waals surface area contributed by atoms with E-state index in [1.165, 1.54) is 6.92 Å². The van der Waals surface area contributed by atoms with E-state index in [9.17, 15) is 13.5 Å². The maximum atomic E-state index is 10.6. The molecule has 0 amide bonds. The van der Waals surface area contributed by atoms with E-state index in [0.717, 1.165) is 6.42 Å². The summed E-state index contributed by atoms with van der Waals surface area (Å²) < 4.78 is 29.8.